The van der Waals surface area contributed by atoms with Crippen molar-refractivity contribution in [2.75, 3.05) is 0 Å². The summed E-state index contributed by atoms with van der Waals surface area (Å²) in [5, 5.41) is 0. The second-order valence-electron chi connectivity index (χ2n) is 3.23. The van der Waals surface area contributed by atoms with Crippen LogP contribution in [0.1, 0.15) is 6.42 Å². The summed E-state index contributed by atoms with van der Waals surface area (Å²) >= 11 is 0. The Bertz CT molecular complexity index is 376. The molecule has 0 bridgehead atoms. The second kappa shape index (κ2) is 3.15. The fraction of sp³-hybridized carbons (Fsp3) is 0.333. The number of carbonyl (C=O) groups excluding carboxylic acids is 2. The number of halogens is 2. The Hall–Kier alpha value is -1.72. The molecule has 0 aromatic heterocycles. The maximum Gasteiger partial charge on any atom is 0.324 e. The van der Waals surface area contributed by atoms with E-state index in [1.54, 1.807) is 0 Å². The monoisotopic (exact) mass is 215 g/mol. The number of ketones is 1. The molecule has 2 rings (SSSR count). The van der Waals surface area contributed by atoms with Crippen LogP contribution in [-0.4, -0.2) is 28.7 Å². The molecule has 0 saturated heterocycles. The van der Waals surface area contributed by atoms with E-state index < -0.39 is 30.3 Å². The molecule has 0 saturated carbocycles. The first kappa shape index (κ1) is 9.82. The topological polar surface area (TPSA) is 46.6 Å². The molecule has 1 unspecified atom stereocenters. The Labute approximate surface area is 83.8 Å². The molecular formula is C9H7F2NO3. The number of ether oxygens (including phenoxy) is 1. The molecule has 1 atom stereocenters. The lowest BCUT2D eigenvalue weighted by molar-refractivity contribution is -0.157. The number of allylic oxidation sites excluding steroid dienone is 1. The molecule has 2 aliphatic heterocycles. The third-order valence-corrected chi connectivity index (χ3v) is 2.11. The first-order valence-electron chi connectivity index (χ1n) is 4.24. The van der Waals surface area contributed by atoms with E-state index in [4.69, 9.17) is 0 Å². The molecule has 0 aliphatic carbocycles. The smallest absolute Gasteiger partial charge is 0.324 e. The first-order chi connectivity index (χ1) is 7.00. The van der Waals surface area contributed by atoms with Gasteiger partial charge in [-0.3, -0.25) is 14.5 Å². The fourth-order valence-electron chi connectivity index (χ4n) is 1.38. The summed E-state index contributed by atoms with van der Waals surface area (Å²) in [5.41, 5.74) is 0. The zero-order valence-corrected chi connectivity index (χ0v) is 7.52. The minimum absolute atomic E-state index is 0.396. The van der Waals surface area contributed by atoms with Crippen LogP contribution in [0.25, 0.3) is 0 Å². The molecule has 2 heterocycles. The number of alkyl halides is 2. The van der Waals surface area contributed by atoms with Gasteiger partial charge in [0, 0.05) is 12.3 Å². The minimum Gasteiger partial charge on any atom is -0.471 e. The van der Waals surface area contributed by atoms with Gasteiger partial charge in [0.2, 0.25) is 12.1 Å². The Kier molecular flexibility index (Phi) is 2.06. The number of carbonyl (C=O) groups is 2. The predicted octanol–water partition coefficient (Wildman–Crippen LogP) is 0.807. The maximum atomic E-state index is 13.1. The number of amides is 1. The summed E-state index contributed by atoms with van der Waals surface area (Å²) in [6.07, 6.45) is 1.47. The molecule has 2 aliphatic rings. The van der Waals surface area contributed by atoms with Gasteiger partial charge in [-0.05, 0) is 6.08 Å². The van der Waals surface area contributed by atoms with Crippen molar-refractivity contribution in [1.82, 2.24) is 4.90 Å². The highest BCUT2D eigenvalue weighted by Crippen LogP contribution is 2.32. The summed E-state index contributed by atoms with van der Waals surface area (Å²) in [6.45, 7) is 0. The minimum atomic E-state index is -3.22. The molecule has 15 heavy (non-hydrogen) atoms. The van der Waals surface area contributed by atoms with E-state index in [0.717, 1.165) is 23.4 Å². The normalized spacial score (nSPS) is 28.4. The zero-order chi connectivity index (χ0) is 11.1. The Morgan fingerprint density at radius 3 is 2.73 bits per heavy atom. The van der Waals surface area contributed by atoms with E-state index in [0.29, 0.717) is 6.08 Å². The standard InChI is InChI=1S/C9H7F2NO3/c10-9(11)2-4-15-8(9)12-3-1-6(13)5-7(12)14/h1-4,8H,5H2. The zero-order valence-electron chi connectivity index (χ0n) is 7.52. The van der Waals surface area contributed by atoms with Gasteiger partial charge in [-0.1, -0.05) is 0 Å². The number of rotatable bonds is 1. The first-order valence-corrected chi connectivity index (χ1v) is 4.24. The van der Waals surface area contributed by atoms with Crippen LogP contribution in [0, 0.1) is 0 Å². The van der Waals surface area contributed by atoms with Gasteiger partial charge in [0.25, 0.3) is 0 Å². The van der Waals surface area contributed by atoms with Crippen LogP contribution < -0.4 is 0 Å². The second-order valence-corrected chi connectivity index (χ2v) is 3.23. The van der Waals surface area contributed by atoms with Crippen LogP contribution in [0.3, 0.4) is 0 Å². The predicted molar refractivity (Wildman–Crippen MR) is 44.6 cm³/mol. The molecule has 0 spiro atoms. The van der Waals surface area contributed by atoms with Crippen LogP contribution in [0.15, 0.2) is 24.6 Å². The summed E-state index contributed by atoms with van der Waals surface area (Å²) in [5.74, 6) is -4.30. The van der Waals surface area contributed by atoms with E-state index >= 15 is 0 Å². The van der Waals surface area contributed by atoms with E-state index in [9.17, 15) is 18.4 Å². The quantitative estimate of drug-likeness (QED) is 0.608. The lowest BCUT2D eigenvalue weighted by Gasteiger charge is -2.29. The summed E-state index contributed by atoms with van der Waals surface area (Å²) in [7, 11) is 0. The van der Waals surface area contributed by atoms with E-state index in [2.05, 4.69) is 4.74 Å². The SMILES string of the molecule is O=C1C=CN(C2OC=CC2(F)F)C(=O)C1. The highest BCUT2D eigenvalue weighted by Gasteiger charge is 2.48. The van der Waals surface area contributed by atoms with Crippen LogP contribution in [-0.2, 0) is 14.3 Å². The van der Waals surface area contributed by atoms with Gasteiger partial charge in [-0.25, -0.2) is 0 Å². The third kappa shape index (κ3) is 1.62. The van der Waals surface area contributed by atoms with Crippen LogP contribution in [0.5, 0.6) is 0 Å². The number of hydrogen-bond donors (Lipinski definition) is 0. The van der Waals surface area contributed by atoms with Crippen molar-refractivity contribution in [3.63, 3.8) is 0 Å². The van der Waals surface area contributed by atoms with Crippen molar-refractivity contribution < 1.29 is 23.1 Å². The Balaban J connectivity index is 2.22. The fourth-order valence-corrected chi connectivity index (χ4v) is 1.38. The molecule has 0 N–H and O–H groups in total. The average molecular weight is 215 g/mol. The van der Waals surface area contributed by atoms with E-state index in [1.165, 1.54) is 0 Å². The molecule has 6 heteroatoms. The summed E-state index contributed by atoms with van der Waals surface area (Å²) in [4.78, 5) is 22.8. The van der Waals surface area contributed by atoms with E-state index in [-0.39, 0.29) is 0 Å². The van der Waals surface area contributed by atoms with Gasteiger partial charge in [-0.2, -0.15) is 8.78 Å². The molecule has 0 aromatic carbocycles. The van der Waals surface area contributed by atoms with Crippen molar-refractivity contribution in [3.8, 4) is 0 Å². The highest BCUT2D eigenvalue weighted by molar-refractivity contribution is 6.06. The third-order valence-electron chi connectivity index (χ3n) is 2.11. The van der Waals surface area contributed by atoms with Gasteiger partial charge in [0.15, 0.2) is 5.78 Å². The van der Waals surface area contributed by atoms with Gasteiger partial charge in [0.1, 0.15) is 0 Å². The molecule has 0 aromatic rings. The molecule has 80 valence electrons. The van der Waals surface area contributed by atoms with Crippen molar-refractivity contribution in [2.45, 2.75) is 18.6 Å². The molecule has 0 fully saturated rings. The van der Waals surface area contributed by atoms with Gasteiger partial charge >= 0.3 is 5.92 Å². The lowest BCUT2D eigenvalue weighted by atomic mass is 10.1. The molecule has 1 amide bonds. The van der Waals surface area contributed by atoms with Gasteiger partial charge < -0.3 is 4.74 Å². The van der Waals surface area contributed by atoms with Crippen molar-refractivity contribution in [1.29, 1.82) is 0 Å². The largest absolute Gasteiger partial charge is 0.471 e. The summed E-state index contributed by atoms with van der Waals surface area (Å²) in [6, 6.07) is 0. The number of nitrogens with zero attached hydrogens (tertiary/aromatic N) is 1. The Morgan fingerprint density at radius 2 is 2.20 bits per heavy atom. The van der Waals surface area contributed by atoms with Crippen molar-refractivity contribution in [3.05, 3.63) is 24.6 Å². The van der Waals surface area contributed by atoms with Gasteiger partial charge in [0.05, 0.1) is 12.7 Å². The van der Waals surface area contributed by atoms with Crippen LogP contribution >= 0.6 is 0 Å². The van der Waals surface area contributed by atoms with Gasteiger partial charge in [-0.15, -0.1) is 0 Å². The molecule has 0 radical (unpaired) electrons. The average Bonchev–Trinajstić information content (AvgIpc) is 2.46. The number of hydrogen-bond acceptors (Lipinski definition) is 3. The Morgan fingerprint density at radius 1 is 1.47 bits per heavy atom. The summed E-state index contributed by atoms with van der Waals surface area (Å²) < 4.78 is 30.9. The maximum absolute atomic E-state index is 13.1. The lowest BCUT2D eigenvalue weighted by Crippen LogP contribution is -2.47. The van der Waals surface area contributed by atoms with E-state index in [1.807, 2.05) is 0 Å². The van der Waals surface area contributed by atoms with Crippen molar-refractivity contribution >= 4 is 11.7 Å². The van der Waals surface area contributed by atoms with Crippen LogP contribution in [0.4, 0.5) is 8.78 Å². The van der Waals surface area contributed by atoms with Crippen molar-refractivity contribution in [2.24, 2.45) is 0 Å². The highest BCUT2D eigenvalue weighted by atomic mass is 19.3. The molecular weight excluding hydrogens is 208 g/mol. The molecule has 4 nitrogen and oxygen atoms in total. The van der Waals surface area contributed by atoms with Crippen LogP contribution in [0.2, 0.25) is 0 Å².